The Kier molecular flexibility index (Phi) is 7.66. The molecule has 0 spiro atoms. The number of esters is 1. The Labute approximate surface area is 155 Å². The van der Waals surface area contributed by atoms with Gasteiger partial charge in [0.2, 0.25) is 0 Å². The van der Waals surface area contributed by atoms with Gasteiger partial charge in [0, 0.05) is 18.1 Å². The average molecular weight is 359 g/mol. The van der Waals surface area contributed by atoms with Crippen LogP contribution in [0.15, 0.2) is 24.4 Å². The number of nitrogens with one attached hydrogen (secondary N) is 1. The number of carbonyl (C=O) groups is 1. The fraction of sp³-hybridized carbons (Fsp3) is 0.500. The number of rotatable bonds is 10. The largest absolute Gasteiger partial charge is 0.494 e. The van der Waals surface area contributed by atoms with Gasteiger partial charge in [0.25, 0.3) is 0 Å². The quantitative estimate of drug-likeness (QED) is 0.517. The summed E-state index contributed by atoms with van der Waals surface area (Å²) in [6.07, 6.45) is 2.55. The number of carbonyl (C=O) groups excluding carboxylic acids is 1. The number of aromatic nitrogens is 1. The molecule has 26 heavy (non-hydrogen) atoms. The molecule has 0 amide bonds. The highest BCUT2D eigenvalue weighted by molar-refractivity contribution is 6.06. The van der Waals surface area contributed by atoms with E-state index in [-0.39, 0.29) is 5.97 Å². The van der Waals surface area contributed by atoms with Gasteiger partial charge in [0.1, 0.15) is 16.8 Å². The van der Waals surface area contributed by atoms with Crippen molar-refractivity contribution in [1.82, 2.24) is 9.88 Å². The van der Waals surface area contributed by atoms with Crippen molar-refractivity contribution in [2.24, 2.45) is 0 Å². The van der Waals surface area contributed by atoms with Gasteiger partial charge in [0.05, 0.1) is 19.4 Å². The zero-order valence-electron chi connectivity index (χ0n) is 16.2. The lowest BCUT2D eigenvalue weighted by Gasteiger charge is -2.19. The summed E-state index contributed by atoms with van der Waals surface area (Å²) in [6, 6.07) is 5.71. The fourth-order valence-electron chi connectivity index (χ4n) is 2.97. The van der Waals surface area contributed by atoms with Gasteiger partial charge in [-0.2, -0.15) is 0 Å². The SMILES string of the molecule is CCOC(=O)c1cnc2c(OC)cccc2c1NCCCN(CC)CC. The predicted octanol–water partition coefficient (Wildman–Crippen LogP) is 3.56. The van der Waals surface area contributed by atoms with Gasteiger partial charge in [-0.1, -0.05) is 26.0 Å². The molecule has 6 nitrogen and oxygen atoms in total. The van der Waals surface area contributed by atoms with Crippen LogP contribution in [0.5, 0.6) is 5.75 Å². The number of fused-ring (bicyclic) bond motifs is 1. The number of nitrogens with zero attached hydrogens (tertiary/aromatic N) is 2. The van der Waals surface area contributed by atoms with Crippen LogP contribution in [0.1, 0.15) is 37.6 Å². The van der Waals surface area contributed by atoms with E-state index in [0.29, 0.717) is 17.9 Å². The van der Waals surface area contributed by atoms with Crippen LogP contribution < -0.4 is 10.1 Å². The summed E-state index contributed by atoms with van der Waals surface area (Å²) in [5.41, 5.74) is 1.94. The molecule has 2 rings (SSSR count). The normalized spacial score (nSPS) is 11.0. The lowest BCUT2D eigenvalue weighted by atomic mass is 10.1. The third-order valence-electron chi connectivity index (χ3n) is 4.42. The van der Waals surface area contributed by atoms with E-state index < -0.39 is 0 Å². The first kappa shape index (κ1) is 20.0. The van der Waals surface area contributed by atoms with Crippen molar-refractivity contribution in [2.45, 2.75) is 27.2 Å². The lowest BCUT2D eigenvalue weighted by Crippen LogP contribution is -2.25. The summed E-state index contributed by atoms with van der Waals surface area (Å²) in [4.78, 5) is 19.2. The second kappa shape index (κ2) is 9.97. The molecule has 142 valence electrons. The van der Waals surface area contributed by atoms with Gasteiger partial charge < -0.3 is 19.7 Å². The number of hydrogen-bond donors (Lipinski definition) is 1. The van der Waals surface area contributed by atoms with Crippen LogP contribution in [-0.4, -0.2) is 55.7 Å². The maximum atomic E-state index is 12.4. The van der Waals surface area contributed by atoms with E-state index in [9.17, 15) is 4.79 Å². The zero-order chi connectivity index (χ0) is 18.9. The standard InChI is InChI=1S/C20H29N3O3/c1-5-23(6-2)13-9-12-21-18-15-10-8-11-17(25-4)19(15)22-14-16(18)20(24)26-7-3/h8,10-11,14H,5-7,9,12-13H2,1-4H3,(H,21,22). The summed E-state index contributed by atoms with van der Waals surface area (Å²) in [5, 5.41) is 4.29. The molecular formula is C20H29N3O3. The molecule has 2 aromatic rings. The van der Waals surface area contributed by atoms with Crippen molar-refractivity contribution in [3.63, 3.8) is 0 Å². The fourth-order valence-corrected chi connectivity index (χ4v) is 2.97. The third-order valence-corrected chi connectivity index (χ3v) is 4.42. The summed E-state index contributed by atoms with van der Waals surface area (Å²) in [7, 11) is 1.62. The van der Waals surface area contributed by atoms with Crippen LogP contribution in [0.2, 0.25) is 0 Å². The van der Waals surface area contributed by atoms with E-state index >= 15 is 0 Å². The highest BCUT2D eigenvalue weighted by Crippen LogP contribution is 2.31. The number of pyridine rings is 1. The van der Waals surface area contributed by atoms with Crippen LogP contribution >= 0.6 is 0 Å². The number of anilines is 1. The minimum atomic E-state index is -0.365. The maximum Gasteiger partial charge on any atom is 0.341 e. The minimum Gasteiger partial charge on any atom is -0.494 e. The molecule has 0 aliphatic rings. The molecule has 0 aliphatic heterocycles. The topological polar surface area (TPSA) is 63.7 Å². The number of benzene rings is 1. The van der Waals surface area contributed by atoms with Crippen molar-refractivity contribution in [1.29, 1.82) is 0 Å². The summed E-state index contributed by atoms with van der Waals surface area (Å²) >= 11 is 0. The monoisotopic (exact) mass is 359 g/mol. The first-order chi connectivity index (χ1) is 12.7. The van der Waals surface area contributed by atoms with Crippen molar-refractivity contribution in [3.05, 3.63) is 30.0 Å². The minimum absolute atomic E-state index is 0.330. The predicted molar refractivity (Wildman–Crippen MR) is 105 cm³/mol. The molecule has 0 bridgehead atoms. The molecule has 0 saturated heterocycles. The molecule has 0 atom stereocenters. The molecule has 1 aromatic heterocycles. The van der Waals surface area contributed by atoms with Gasteiger partial charge in [-0.3, -0.25) is 4.98 Å². The summed E-state index contributed by atoms with van der Waals surface area (Å²) in [5.74, 6) is 0.320. The molecule has 0 saturated carbocycles. The third kappa shape index (κ3) is 4.64. The Hall–Kier alpha value is -2.34. The Morgan fingerprint density at radius 1 is 1.23 bits per heavy atom. The van der Waals surface area contributed by atoms with E-state index in [1.807, 2.05) is 18.2 Å². The van der Waals surface area contributed by atoms with Crippen molar-refractivity contribution < 1.29 is 14.3 Å². The van der Waals surface area contributed by atoms with Crippen molar-refractivity contribution >= 4 is 22.6 Å². The Morgan fingerprint density at radius 3 is 2.65 bits per heavy atom. The Bertz CT molecular complexity index is 730. The molecule has 1 aromatic carbocycles. The molecule has 0 aliphatic carbocycles. The summed E-state index contributed by atoms with van der Waals surface area (Å²) in [6.45, 7) is 10.3. The molecule has 1 heterocycles. The molecule has 0 fully saturated rings. The second-order valence-electron chi connectivity index (χ2n) is 5.93. The smallest absolute Gasteiger partial charge is 0.341 e. The number of methoxy groups -OCH3 is 1. The zero-order valence-corrected chi connectivity index (χ0v) is 16.2. The van der Waals surface area contributed by atoms with E-state index in [2.05, 4.69) is 29.0 Å². The van der Waals surface area contributed by atoms with Crippen LogP contribution in [0.4, 0.5) is 5.69 Å². The lowest BCUT2D eigenvalue weighted by molar-refractivity contribution is 0.0527. The molecule has 0 unspecified atom stereocenters. The molecule has 1 N–H and O–H groups in total. The average Bonchev–Trinajstić information content (AvgIpc) is 2.67. The molecule has 0 radical (unpaired) electrons. The van der Waals surface area contributed by atoms with Crippen LogP contribution in [-0.2, 0) is 4.74 Å². The van der Waals surface area contributed by atoms with E-state index in [4.69, 9.17) is 9.47 Å². The van der Waals surface area contributed by atoms with Crippen molar-refractivity contribution in [2.75, 3.05) is 45.2 Å². The van der Waals surface area contributed by atoms with E-state index in [0.717, 1.165) is 49.2 Å². The highest BCUT2D eigenvalue weighted by Gasteiger charge is 2.18. The second-order valence-corrected chi connectivity index (χ2v) is 5.93. The van der Waals surface area contributed by atoms with Gasteiger partial charge in [0.15, 0.2) is 0 Å². The summed E-state index contributed by atoms with van der Waals surface area (Å²) < 4.78 is 10.6. The van der Waals surface area contributed by atoms with Gasteiger partial charge >= 0.3 is 5.97 Å². The van der Waals surface area contributed by atoms with Gasteiger partial charge in [-0.25, -0.2) is 4.79 Å². The number of ether oxygens (including phenoxy) is 2. The number of para-hydroxylation sites is 1. The first-order valence-corrected chi connectivity index (χ1v) is 9.25. The van der Waals surface area contributed by atoms with E-state index in [1.54, 1.807) is 20.2 Å². The van der Waals surface area contributed by atoms with Gasteiger partial charge in [-0.15, -0.1) is 0 Å². The Morgan fingerprint density at radius 2 is 2.00 bits per heavy atom. The van der Waals surface area contributed by atoms with Crippen LogP contribution in [0.3, 0.4) is 0 Å². The highest BCUT2D eigenvalue weighted by atomic mass is 16.5. The first-order valence-electron chi connectivity index (χ1n) is 9.25. The number of hydrogen-bond acceptors (Lipinski definition) is 6. The molecule has 6 heteroatoms. The van der Waals surface area contributed by atoms with Gasteiger partial charge in [-0.05, 0) is 39.0 Å². The van der Waals surface area contributed by atoms with E-state index in [1.165, 1.54) is 0 Å². The van der Waals surface area contributed by atoms with Crippen molar-refractivity contribution in [3.8, 4) is 5.75 Å². The van der Waals surface area contributed by atoms with Crippen LogP contribution in [0.25, 0.3) is 10.9 Å². The Balaban J connectivity index is 2.30. The maximum absolute atomic E-state index is 12.4. The van der Waals surface area contributed by atoms with Crippen LogP contribution in [0, 0.1) is 0 Å². The molecular weight excluding hydrogens is 330 g/mol.